The van der Waals surface area contributed by atoms with E-state index in [1.165, 1.54) is 24.3 Å². The van der Waals surface area contributed by atoms with E-state index in [1.54, 1.807) is 18.2 Å². The summed E-state index contributed by atoms with van der Waals surface area (Å²) in [5.41, 5.74) is 1.61. The van der Waals surface area contributed by atoms with Crippen molar-refractivity contribution in [3.05, 3.63) is 58.6 Å². The van der Waals surface area contributed by atoms with Gasteiger partial charge in [0.1, 0.15) is 0 Å². The second kappa shape index (κ2) is 10.6. The molecule has 2 N–H and O–H groups in total. The SMILES string of the molecule is CCCC[C@@H](CC)CNC(=O)c1ccc(NS(=O)(=O)c2ccc(C)cc2)c(Cl)c1. The van der Waals surface area contributed by atoms with Gasteiger partial charge in [-0.3, -0.25) is 9.52 Å². The Bertz CT molecular complexity index is 928. The van der Waals surface area contributed by atoms with E-state index in [9.17, 15) is 13.2 Å². The summed E-state index contributed by atoms with van der Waals surface area (Å²) in [6.07, 6.45) is 4.39. The van der Waals surface area contributed by atoms with E-state index in [4.69, 9.17) is 11.6 Å². The first-order valence-corrected chi connectivity index (χ1v) is 11.8. The Morgan fingerprint density at radius 3 is 2.38 bits per heavy atom. The predicted molar refractivity (Wildman–Crippen MR) is 119 cm³/mol. The summed E-state index contributed by atoms with van der Waals surface area (Å²) < 4.78 is 27.5. The number of carbonyl (C=O) groups excluding carboxylic acids is 1. The molecule has 0 aliphatic carbocycles. The number of hydrogen-bond acceptors (Lipinski definition) is 3. The highest BCUT2D eigenvalue weighted by molar-refractivity contribution is 7.92. The average Bonchev–Trinajstić information content (AvgIpc) is 2.69. The molecule has 0 aromatic heterocycles. The zero-order chi connectivity index (χ0) is 21.4. The van der Waals surface area contributed by atoms with Crippen LogP contribution in [0.1, 0.15) is 55.5 Å². The van der Waals surface area contributed by atoms with Crippen LogP contribution in [0.15, 0.2) is 47.4 Å². The van der Waals surface area contributed by atoms with Gasteiger partial charge < -0.3 is 5.32 Å². The van der Waals surface area contributed by atoms with Gasteiger partial charge in [0.05, 0.1) is 15.6 Å². The van der Waals surface area contributed by atoms with Gasteiger partial charge in [0.15, 0.2) is 0 Å². The molecule has 0 bridgehead atoms. The second-order valence-corrected chi connectivity index (χ2v) is 9.33. The van der Waals surface area contributed by atoms with Crippen LogP contribution in [0.2, 0.25) is 5.02 Å². The maximum Gasteiger partial charge on any atom is 0.261 e. The Balaban J connectivity index is 2.05. The molecule has 29 heavy (non-hydrogen) atoms. The molecule has 2 rings (SSSR count). The summed E-state index contributed by atoms with van der Waals surface area (Å²) in [5.74, 6) is 0.241. The first-order valence-electron chi connectivity index (χ1n) is 9.94. The summed E-state index contributed by atoms with van der Waals surface area (Å²) in [6.45, 7) is 6.78. The largest absolute Gasteiger partial charge is 0.352 e. The van der Waals surface area contributed by atoms with Gasteiger partial charge >= 0.3 is 0 Å². The fourth-order valence-electron chi connectivity index (χ4n) is 2.94. The second-order valence-electron chi connectivity index (χ2n) is 7.24. The van der Waals surface area contributed by atoms with E-state index in [0.29, 0.717) is 18.0 Å². The van der Waals surface area contributed by atoms with Crippen molar-refractivity contribution < 1.29 is 13.2 Å². The monoisotopic (exact) mass is 436 g/mol. The maximum absolute atomic E-state index is 12.5. The van der Waals surface area contributed by atoms with Crippen molar-refractivity contribution in [2.45, 2.75) is 51.3 Å². The fraction of sp³-hybridized carbons (Fsp3) is 0.409. The molecule has 7 heteroatoms. The zero-order valence-corrected chi connectivity index (χ0v) is 18.7. The molecule has 1 atom stereocenters. The van der Waals surface area contributed by atoms with Crippen LogP contribution in [0.5, 0.6) is 0 Å². The summed E-state index contributed by atoms with van der Waals surface area (Å²) in [6, 6.07) is 11.1. The number of nitrogens with one attached hydrogen (secondary N) is 2. The summed E-state index contributed by atoms with van der Waals surface area (Å²) in [7, 11) is -3.75. The molecule has 1 amide bonds. The van der Waals surface area contributed by atoms with Gasteiger partial charge in [-0.25, -0.2) is 8.42 Å². The van der Waals surface area contributed by atoms with Gasteiger partial charge in [-0.05, 0) is 49.6 Å². The quantitative estimate of drug-likeness (QED) is 0.523. The molecule has 2 aromatic rings. The topological polar surface area (TPSA) is 75.3 Å². The Morgan fingerprint density at radius 2 is 1.79 bits per heavy atom. The molecule has 0 unspecified atom stereocenters. The van der Waals surface area contributed by atoms with Gasteiger partial charge in [-0.1, -0.05) is 62.4 Å². The minimum Gasteiger partial charge on any atom is -0.352 e. The molecule has 2 aromatic carbocycles. The maximum atomic E-state index is 12.5. The highest BCUT2D eigenvalue weighted by atomic mass is 35.5. The fourth-order valence-corrected chi connectivity index (χ4v) is 4.31. The molecular formula is C22H29ClN2O3S. The van der Waals surface area contributed by atoms with Crippen LogP contribution in [0, 0.1) is 12.8 Å². The van der Waals surface area contributed by atoms with Gasteiger partial charge in [-0.15, -0.1) is 0 Å². The number of carbonyl (C=O) groups is 1. The lowest BCUT2D eigenvalue weighted by atomic mass is 9.99. The standard InChI is InChI=1S/C22H29ClN2O3S/c1-4-6-7-17(5-2)15-24-22(26)18-10-13-21(20(23)14-18)25-29(27,28)19-11-8-16(3)9-12-19/h8-14,17,25H,4-7,15H2,1-3H3,(H,24,26)/t17-/m1/s1. The number of anilines is 1. The van der Waals surface area contributed by atoms with Gasteiger partial charge in [-0.2, -0.15) is 0 Å². The Morgan fingerprint density at radius 1 is 1.10 bits per heavy atom. The van der Waals surface area contributed by atoms with E-state index in [2.05, 4.69) is 23.9 Å². The third kappa shape index (κ3) is 6.75. The van der Waals surface area contributed by atoms with Crippen molar-refractivity contribution in [1.29, 1.82) is 0 Å². The van der Waals surface area contributed by atoms with Crippen molar-refractivity contribution in [2.24, 2.45) is 5.92 Å². The molecule has 0 saturated heterocycles. The summed E-state index contributed by atoms with van der Waals surface area (Å²) in [4.78, 5) is 12.6. The predicted octanol–water partition coefficient (Wildman–Crippen LogP) is 5.40. The molecule has 0 fully saturated rings. The lowest BCUT2D eigenvalue weighted by Gasteiger charge is -2.16. The molecule has 0 radical (unpaired) electrons. The molecule has 0 spiro atoms. The van der Waals surface area contributed by atoms with E-state index in [1.807, 2.05) is 6.92 Å². The lowest BCUT2D eigenvalue weighted by molar-refractivity contribution is 0.0946. The van der Waals surface area contributed by atoms with Crippen molar-refractivity contribution in [3.8, 4) is 0 Å². The first kappa shape index (κ1) is 23.2. The van der Waals surface area contributed by atoms with Crippen LogP contribution >= 0.6 is 11.6 Å². The minimum absolute atomic E-state index is 0.152. The first-order chi connectivity index (χ1) is 13.8. The smallest absolute Gasteiger partial charge is 0.261 e. The van der Waals surface area contributed by atoms with Crippen LogP contribution in [0.3, 0.4) is 0 Å². The van der Waals surface area contributed by atoms with Crippen LogP contribution in [-0.4, -0.2) is 20.9 Å². The highest BCUT2D eigenvalue weighted by Gasteiger charge is 2.17. The number of amides is 1. The zero-order valence-electron chi connectivity index (χ0n) is 17.2. The Kier molecular flexibility index (Phi) is 8.53. The third-order valence-corrected chi connectivity index (χ3v) is 6.60. The molecule has 0 saturated carbocycles. The molecule has 158 valence electrons. The molecule has 5 nitrogen and oxygen atoms in total. The van der Waals surface area contributed by atoms with Crippen molar-refractivity contribution in [2.75, 3.05) is 11.3 Å². The van der Waals surface area contributed by atoms with E-state index < -0.39 is 10.0 Å². The number of benzene rings is 2. The van der Waals surface area contributed by atoms with Crippen LogP contribution in [0.4, 0.5) is 5.69 Å². The third-order valence-electron chi connectivity index (χ3n) is 4.90. The van der Waals surface area contributed by atoms with Crippen LogP contribution in [-0.2, 0) is 10.0 Å². The molecule has 0 aliphatic rings. The van der Waals surface area contributed by atoms with Crippen molar-refractivity contribution >= 4 is 33.2 Å². The van der Waals surface area contributed by atoms with Gasteiger partial charge in [0.2, 0.25) is 0 Å². The summed E-state index contributed by atoms with van der Waals surface area (Å²) >= 11 is 6.24. The normalized spacial score (nSPS) is 12.4. The number of halogens is 1. The van der Waals surface area contributed by atoms with Crippen LogP contribution in [0.25, 0.3) is 0 Å². The highest BCUT2D eigenvalue weighted by Crippen LogP contribution is 2.26. The van der Waals surface area contributed by atoms with Crippen molar-refractivity contribution in [3.63, 3.8) is 0 Å². The number of sulfonamides is 1. The van der Waals surface area contributed by atoms with Gasteiger partial charge in [0.25, 0.3) is 15.9 Å². The van der Waals surface area contributed by atoms with E-state index in [-0.39, 0.29) is 21.5 Å². The molecular weight excluding hydrogens is 408 g/mol. The van der Waals surface area contributed by atoms with E-state index in [0.717, 1.165) is 31.2 Å². The average molecular weight is 437 g/mol. The van der Waals surface area contributed by atoms with Crippen LogP contribution < -0.4 is 10.0 Å². The number of rotatable bonds is 10. The number of unbranched alkanes of at least 4 members (excludes halogenated alkanes) is 1. The number of hydrogen-bond donors (Lipinski definition) is 2. The van der Waals surface area contributed by atoms with Crippen molar-refractivity contribution in [1.82, 2.24) is 5.32 Å². The van der Waals surface area contributed by atoms with Gasteiger partial charge in [0, 0.05) is 12.1 Å². The molecule has 0 aliphatic heterocycles. The minimum atomic E-state index is -3.75. The molecule has 0 heterocycles. The lowest BCUT2D eigenvalue weighted by Crippen LogP contribution is -2.29. The Hall–Kier alpha value is -2.05. The summed E-state index contributed by atoms with van der Waals surface area (Å²) in [5, 5.41) is 3.12. The van der Waals surface area contributed by atoms with E-state index >= 15 is 0 Å². The Labute approximate surface area is 178 Å². The number of aryl methyl sites for hydroxylation is 1.